The summed E-state index contributed by atoms with van der Waals surface area (Å²) in [6.07, 6.45) is 9.84. The lowest BCUT2D eigenvalue weighted by molar-refractivity contribution is 0.0374. The minimum atomic E-state index is 0.878. The second kappa shape index (κ2) is 7.85. The van der Waals surface area contributed by atoms with E-state index >= 15 is 0 Å². The highest BCUT2D eigenvalue weighted by molar-refractivity contribution is 4.90. The maximum absolute atomic E-state index is 5.34. The van der Waals surface area contributed by atoms with E-state index in [2.05, 4.69) is 22.4 Å². The number of ether oxygens (including phenoxy) is 1. The summed E-state index contributed by atoms with van der Waals surface area (Å²) in [5, 5.41) is 3.60. The van der Waals surface area contributed by atoms with Crippen LogP contribution in [0.5, 0.6) is 0 Å². The Hall–Kier alpha value is -0.380. The molecule has 1 aliphatic carbocycles. The highest BCUT2D eigenvalue weighted by atomic mass is 16.5. The van der Waals surface area contributed by atoms with Gasteiger partial charge in [0.1, 0.15) is 0 Å². The number of nitrogens with one attached hydrogen (secondary N) is 1. The van der Waals surface area contributed by atoms with Gasteiger partial charge in [0.2, 0.25) is 0 Å². The van der Waals surface area contributed by atoms with E-state index < -0.39 is 0 Å². The molecule has 1 aliphatic heterocycles. The fourth-order valence-corrected chi connectivity index (χ4v) is 2.60. The summed E-state index contributed by atoms with van der Waals surface area (Å²) in [4.78, 5) is 2.51. The summed E-state index contributed by atoms with van der Waals surface area (Å²) in [5.74, 6) is 0.878. The van der Waals surface area contributed by atoms with Crippen LogP contribution in [0, 0.1) is 5.92 Å². The van der Waals surface area contributed by atoms with E-state index in [4.69, 9.17) is 4.74 Å². The maximum Gasteiger partial charge on any atom is 0.0594 e. The molecule has 0 aromatic heterocycles. The molecular formula is C14H26N2O. The first kappa shape index (κ1) is 13.1. The van der Waals surface area contributed by atoms with Gasteiger partial charge in [-0.1, -0.05) is 12.2 Å². The average molecular weight is 238 g/mol. The van der Waals surface area contributed by atoms with Crippen LogP contribution < -0.4 is 5.32 Å². The molecule has 2 aliphatic rings. The molecule has 0 aromatic carbocycles. The lowest BCUT2D eigenvalue weighted by Gasteiger charge is -2.26. The van der Waals surface area contributed by atoms with Crippen molar-refractivity contribution in [3.8, 4) is 0 Å². The summed E-state index contributed by atoms with van der Waals surface area (Å²) >= 11 is 0. The fourth-order valence-electron chi connectivity index (χ4n) is 2.60. The summed E-state index contributed by atoms with van der Waals surface area (Å²) < 4.78 is 5.34. The van der Waals surface area contributed by atoms with Crippen LogP contribution in [0.3, 0.4) is 0 Å². The summed E-state index contributed by atoms with van der Waals surface area (Å²) in [6, 6.07) is 0. The van der Waals surface area contributed by atoms with Crippen molar-refractivity contribution in [2.24, 2.45) is 5.92 Å². The van der Waals surface area contributed by atoms with E-state index in [9.17, 15) is 0 Å². The molecule has 1 saturated heterocycles. The van der Waals surface area contributed by atoms with Crippen molar-refractivity contribution in [2.45, 2.75) is 25.7 Å². The third-order valence-electron chi connectivity index (χ3n) is 3.74. The first-order valence-corrected chi connectivity index (χ1v) is 7.11. The van der Waals surface area contributed by atoms with Gasteiger partial charge in [-0.3, -0.25) is 4.90 Å². The van der Waals surface area contributed by atoms with Gasteiger partial charge in [0.15, 0.2) is 0 Å². The predicted octanol–water partition coefficient (Wildman–Crippen LogP) is 1.65. The second-order valence-electron chi connectivity index (χ2n) is 5.16. The molecule has 0 aromatic rings. The Bertz CT molecular complexity index is 224. The van der Waals surface area contributed by atoms with Gasteiger partial charge in [0.25, 0.3) is 0 Å². The zero-order valence-corrected chi connectivity index (χ0v) is 10.9. The number of nitrogens with zero attached hydrogens (tertiary/aromatic N) is 1. The Morgan fingerprint density at radius 2 is 2.12 bits per heavy atom. The Balaban J connectivity index is 1.44. The van der Waals surface area contributed by atoms with Gasteiger partial charge in [-0.2, -0.15) is 0 Å². The predicted molar refractivity (Wildman–Crippen MR) is 71.2 cm³/mol. The third-order valence-corrected chi connectivity index (χ3v) is 3.74. The van der Waals surface area contributed by atoms with Crippen LogP contribution >= 0.6 is 0 Å². The highest BCUT2D eigenvalue weighted by Gasteiger charge is 2.10. The normalized spacial score (nSPS) is 26.2. The molecule has 1 N–H and O–H groups in total. The molecule has 1 fully saturated rings. The zero-order chi connectivity index (χ0) is 11.8. The van der Waals surface area contributed by atoms with Crippen LogP contribution in [0.2, 0.25) is 0 Å². The van der Waals surface area contributed by atoms with E-state index in [1.165, 1.54) is 38.8 Å². The fraction of sp³-hybridized carbons (Fsp3) is 0.857. The molecule has 3 heteroatoms. The summed E-state index contributed by atoms with van der Waals surface area (Å²) in [7, 11) is 0. The van der Waals surface area contributed by atoms with E-state index in [0.29, 0.717) is 0 Å². The lowest BCUT2D eigenvalue weighted by Crippen LogP contribution is -2.38. The topological polar surface area (TPSA) is 24.5 Å². The molecule has 1 heterocycles. The molecule has 98 valence electrons. The molecule has 3 nitrogen and oxygen atoms in total. The molecule has 1 atom stereocenters. The van der Waals surface area contributed by atoms with E-state index in [1.807, 2.05) is 0 Å². The number of hydrogen-bond donors (Lipinski definition) is 1. The van der Waals surface area contributed by atoms with Crippen molar-refractivity contribution < 1.29 is 4.74 Å². The lowest BCUT2D eigenvalue weighted by atomic mass is 9.94. The largest absolute Gasteiger partial charge is 0.379 e. The zero-order valence-electron chi connectivity index (χ0n) is 10.9. The van der Waals surface area contributed by atoms with Gasteiger partial charge in [0.05, 0.1) is 13.2 Å². The van der Waals surface area contributed by atoms with Crippen LogP contribution in [-0.4, -0.2) is 50.8 Å². The Labute approximate surface area is 105 Å². The van der Waals surface area contributed by atoms with E-state index in [0.717, 1.165) is 38.8 Å². The molecule has 0 saturated carbocycles. The molecule has 0 radical (unpaired) electrons. The second-order valence-corrected chi connectivity index (χ2v) is 5.16. The highest BCUT2D eigenvalue weighted by Crippen LogP contribution is 2.16. The van der Waals surface area contributed by atoms with Crippen molar-refractivity contribution in [3.63, 3.8) is 0 Å². The maximum atomic E-state index is 5.34. The first-order chi connectivity index (χ1) is 8.45. The van der Waals surface area contributed by atoms with Crippen molar-refractivity contribution in [1.29, 1.82) is 0 Å². The smallest absolute Gasteiger partial charge is 0.0594 e. The summed E-state index contributed by atoms with van der Waals surface area (Å²) in [5.41, 5.74) is 0. The van der Waals surface area contributed by atoms with Gasteiger partial charge in [-0.15, -0.1) is 0 Å². The van der Waals surface area contributed by atoms with E-state index in [1.54, 1.807) is 0 Å². The molecule has 2 rings (SSSR count). The summed E-state index contributed by atoms with van der Waals surface area (Å²) in [6.45, 7) is 7.66. The van der Waals surface area contributed by atoms with Crippen LogP contribution in [0.15, 0.2) is 12.2 Å². The van der Waals surface area contributed by atoms with Crippen LogP contribution in [0.4, 0.5) is 0 Å². The number of allylic oxidation sites excluding steroid dienone is 2. The van der Waals surface area contributed by atoms with Gasteiger partial charge in [-0.05, 0) is 51.2 Å². The van der Waals surface area contributed by atoms with Gasteiger partial charge in [-0.25, -0.2) is 0 Å². The molecule has 17 heavy (non-hydrogen) atoms. The molecule has 0 amide bonds. The Morgan fingerprint density at radius 3 is 2.88 bits per heavy atom. The van der Waals surface area contributed by atoms with Crippen LogP contribution in [-0.2, 0) is 4.74 Å². The van der Waals surface area contributed by atoms with Crippen LogP contribution in [0.25, 0.3) is 0 Å². The Kier molecular flexibility index (Phi) is 6.03. The van der Waals surface area contributed by atoms with Crippen molar-refractivity contribution in [2.75, 3.05) is 45.9 Å². The van der Waals surface area contributed by atoms with Crippen LogP contribution in [0.1, 0.15) is 25.7 Å². The first-order valence-electron chi connectivity index (χ1n) is 7.11. The van der Waals surface area contributed by atoms with Crippen molar-refractivity contribution in [3.05, 3.63) is 12.2 Å². The quantitative estimate of drug-likeness (QED) is 0.562. The average Bonchev–Trinajstić information content (AvgIpc) is 2.41. The molecule has 0 bridgehead atoms. The van der Waals surface area contributed by atoms with Gasteiger partial charge in [0, 0.05) is 13.1 Å². The monoisotopic (exact) mass is 238 g/mol. The number of hydrogen-bond acceptors (Lipinski definition) is 3. The minimum absolute atomic E-state index is 0.878. The SMILES string of the molecule is C1=CC[C@H](CNCCCN2CCOCC2)CC1. The standard InChI is InChI=1S/C14H26N2O/c1-2-5-14(6-3-1)13-15-7-4-8-16-9-11-17-12-10-16/h1-2,14-15H,3-13H2/t14-/m0/s1. The Morgan fingerprint density at radius 1 is 1.24 bits per heavy atom. The van der Waals surface area contributed by atoms with E-state index in [-0.39, 0.29) is 0 Å². The third kappa shape index (κ3) is 5.19. The van der Waals surface area contributed by atoms with Crippen molar-refractivity contribution >= 4 is 0 Å². The number of morpholine rings is 1. The van der Waals surface area contributed by atoms with Gasteiger partial charge >= 0.3 is 0 Å². The number of rotatable bonds is 6. The molecule has 0 unspecified atom stereocenters. The van der Waals surface area contributed by atoms with Crippen molar-refractivity contribution in [1.82, 2.24) is 10.2 Å². The minimum Gasteiger partial charge on any atom is -0.379 e. The van der Waals surface area contributed by atoms with Gasteiger partial charge < -0.3 is 10.1 Å². The molecule has 0 spiro atoms. The molecular weight excluding hydrogens is 212 g/mol.